The van der Waals surface area contributed by atoms with Gasteiger partial charge >= 0.3 is 11.9 Å². The van der Waals surface area contributed by atoms with Crippen molar-refractivity contribution in [1.29, 1.82) is 0 Å². The SMILES string of the molecule is CCCCOC(=O)C1(C(=O)O)C=CC=CC=N1. The van der Waals surface area contributed by atoms with Gasteiger partial charge in [0, 0.05) is 6.21 Å². The molecule has 0 saturated carbocycles. The zero-order chi connectivity index (χ0) is 12.7. The number of hydrogen-bond donors (Lipinski definition) is 1. The fourth-order valence-corrected chi connectivity index (χ4v) is 1.27. The lowest BCUT2D eigenvalue weighted by molar-refractivity contribution is -0.158. The van der Waals surface area contributed by atoms with Crippen LogP contribution in [0.1, 0.15) is 19.8 Å². The normalized spacial score (nSPS) is 22.2. The maximum Gasteiger partial charge on any atom is 0.349 e. The van der Waals surface area contributed by atoms with Crippen molar-refractivity contribution in [1.82, 2.24) is 0 Å². The molecule has 0 amide bonds. The van der Waals surface area contributed by atoms with Crippen molar-refractivity contribution in [2.45, 2.75) is 25.3 Å². The van der Waals surface area contributed by atoms with Crippen LogP contribution in [-0.2, 0) is 14.3 Å². The lowest BCUT2D eigenvalue weighted by Gasteiger charge is -2.18. The standard InChI is InChI=1S/C12H15NO4/c1-2-3-9-17-11(16)12(10(14)15)7-5-4-6-8-13-12/h4-8H,2-3,9H2,1H3,(H,14,15). The molecule has 0 saturated heterocycles. The van der Waals surface area contributed by atoms with Gasteiger partial charge < -0.3 is 9.84 Å². The molecule has 1 atom stereocenters. The molecule has 1 unspecified atom stereocenters. The minimum absolute atomic E-state index is 0.209. The van der Waals surface area contributed by atoms with Gasteiger partial charge in [0.1, 0.15) is 0 Å². The van der Waals surface area contributed by atoms with E-state index in [0.717, 1.165) is 6.42 Å². The van der Waals surface area contributed by atoms with Crippen LogP contribution in [0.5, 0.6) is 0 Å². The van der Waals surface area contributed by atoms with Crippen molar-refractivity contribution in [3.8, 4) is 0 Å². The second kappa shape index (κ2) is 5.98. The van der Waals surface area contributed by atoms with Crippen molar-refractivity contribution in [2.75, 3.05) is 6.61 Å². The van der Waals surface area contributed by atoms with E-state index in [1.807, 2.05) is 6.92 Å². The fourth-order valence-electron chi connectivity index (χ4n) is 1.27. The molecule has 0 spiro atoms. The van der Waals surface area contributed by atoms with Crippen LogP contribution in [0.4, 0.5) is 0 Å². The molecule has 0 aromatic rings. The molecule has 0 bridgehead atoms. The molecule has 1 rings (SSSR count). The van der Waals surface area contributed by atoms with Crippen LogP contribution in [-0.4, -0.2) is 35.4 Å². The Kier molecular flexibility index (Phi) is 4.63. The zero-order valence-corrected chi connectivity index (χ0v) is 9.63. The number of hydrogen-bond acceptors (Lipinski definition) is 4. The maximum absolute atomic E-state index is 11.8. The fraction of sp³-hybridized carbons (Fsp3) is 0.417. The van der Waals surface area contributed by atoms with Crippen LogP contribution < -0.4 is 0 Å². The van der Waals surface area contributed by atoms with E-state index in [0.29, 0.717) is 6.42 Å². The van der Waals surface area contributed by atoms with Gasteiger partial charge in [-0.1, -0.05) is 25.5 Å². The number of unbranched alkanes of at least 4 members (excludes halogenated alkanes) is 1. The molecular formula is C12H15NO4. The molecule has 0 aromatic carbocycles. The van der Waals surface area contributed by atoms with E-state index in [4.69, 9.17) is 9.84 Å². The van der Waals surface area contributed by atoms with E-state index in [1.165, 1.54) is 18.4 Å². The smallest absolute Gasteiger partial charge is 0.349 e. The monoisotopic (exact) mass is 237 g/mol. The summed E-state index contributed by atoms with van der Waals surface area (Å²) >= 11 is 0. The number of nitrogens with zero attached hydrogens (tertiary/aromatic N) is 1. The van der Waals surface area contributed by atoms with E-state index in [2.05, 4.69) is 4.99 Å². The number of carboxylic acids is 1. The van der Waals surface area contributed by atoms with E-state index in [-0.39, 0.29) is 6.61 Å². The van der Waals surface area contributed by atoms with Gasteiger partial charge in [0.25, 0.3) is 5.54 Å². The summed E-state index contributed by atoms with van der Waals surface area (Å²) in [6.07, 6.45) is 8.72. The first kappa shape index (κ1) is 13.2. The van der Waals surface area contributed by atoms with Crippen LogP contribution >= 0.6 is 0 Å². The minimum Gasteiger partial charge on any atom is -0.479 e. The van der Waals surface area contributed by atoms with Gasteiger partial charge in [-0.2, -0.15) is 0 Å². The topological polar surface area (TPSA) is 76.0 Å². The first-order chi connectivity index (χ1) is 8.13. The number of aliphatic carboxylic acids is 1. The van der Waals surface area contributed by atoms with Gasteiger partial charge in [0.05, 0.1) is 6.61 Å². The first-order valence-electron chi connectivity index (χ1n) is 5.44. The first-order valence-corrected chi connectivity index (χ1v) is 5.44. The van der Waals surface area contributed by atoms with E-state index < -0.39 is 17.5 Å². The van der Waals surface area contributed by atoms with Gasteiger partial charge in [0.15, 0.2) is 0 Å². The van der Waals surface area contributed by atoms with Crippen molar-refractivity contribution < 1.29 is 19.4 Å². The van der Waals surface area contributed by atoms with Crippen LogP contribution in [0.15, 0.2) is 29.3 Å². The second-order valence-electron chi connectivity index (χ2n) is 3.58. The average molecular weight is 237 g/mol. The maximum atomic E-state index is 11.8. The van der Waals surface area contributed by atoms with Crippen molar-refractivity contribution in [2.24, 2.45) is 4.99 Å². The van der Waals surface area contributed by atoms with Gasteiger partial charge in [-0.25, -0.2) is 9.59 Å². The number of esters is 1. The Morgan fingerprint density at radius 3 is 2.76 bits per heavy atom. The summed E-state index contributed by atoms with van der Waals surface area (Å²) in [4.78, 5) is 26.8. The molecule has 1 aliphatic rings. The van der Waals surface area contributed by atoms with Crippen LogP contribution in [0.3, 0.4) is 0 Å². The molecular weight excluding hydrogens is 222 g/mol. The Morgan fingerprint density at radius 2 is 2.12 bits per heavy atom. The van der Waals surface area contributed by atoms with Crippen LogP contribution in [0.25, 0.3) is 0 Å². The number of carbonyl (C=O) groups excluding carboxylic acids is 1. The number of carbonyl (C=O) groups is 2. The molecule has 0 fully saturated rings. The largest absolute Gasteiger partial charge is 0.479 e. The van der Waals surface area contributed by atoms with Crippen LogP contribution in [0.2, 0.25) is 0 Å². The molecule has 17 heavy (non-hydrogen) atoms. The summed E-state index contributed by atoms with van der Waals surface area (Å²) in [5.74, 6) is -2.19. The van der Waals surface area contributed by atoms with Gasteiger partial charge in [0.2, 0.25) is 0 Å². The highest BCUT2D eigenvalue weighted by Gasteiger charge is 2.45. The molecule has 1 aliphatic heterocycles. The highest BCUT2D eigenvalue weighted by atomic mass is 16.5. The third-order valence-corrected chi connectivity index (χ3v) is 2.29. The van der Waals surface area contributed by atoms with Crippen molar-refractivity contribution in [3.63, 3.8) is 0 Å². The number of carboxylic acid groups (broad SMARTS) is 1. The van der Waals surface area contributed by atoms with E-state index in [9.17, 15) is 9.59 Å². The quantitative estimate of drug-likeness (QED) is 0.445. The van der Waals surface area contributed by atoms with E-state index in [1.54, 1.807) is 12.2 Å². The molecule has 1 heterocycles. The van der Waals surface area contributed by atoms with Gasteiger partial charge in [-0.3, -0.25) is 4.99 Å². The molecule has 5 nitrogen and oxygen atoms in total. The Labute approximate surface area is 99.5 Å². The lowest BCUT2D eigenvalue weighted by Crippen LogP contribution is -2.44. The average Bonchev–Trinajstić information content (AvgIpc) is 2.55. The van der Waals surface area contributed by atoms with Gasteiger partial charge in [-0.15, -0.1) is 0 Å². The minimum atomic E-state index is -1.95. The molecule has 0 aromatic heterocycles. The summed E-state index contributed by atoms with van der Waals surface area (Å²) in [6, 6.07) is 0. The highest BCUT2D eigenvalue weighted by molar-refractivity contribution is 6.08. The van der Waals surface area contributed by atoms with Gasteiger partial charge in [-0.05, 0) is 18.6 Å². The Balaban J connectivity index is 2.85. The molecule has 0 radical (unpaired) electrons. The summed E-state index contributed by atoms with van der Waals surface area (Å²) in [5.41, 5.74) is -1.95. The molecule has 0 aliphatic carbocycles. The summed E-state index contributed by atoms with van der Waals surface area (Å²) in [5, 5.41) is 9.15. The molecule has 5 heteroatoms. The number of aliphatic imine (C=N–C) groups is 1. The second-order valence-corrected chi connectivity index (χ2v) is 3.58. The molecule has 1 N–H and O–H groups in total. The van der Waals surface area contributed by atoms with Crippen molar-refractivity contribution >= 4 is 18.2 Å². The Hall–Kier alpha value is -1.91. The Bertz CT molecular complexity index is 366. The summed E-state index contributed by atoms with van der Waals surface area (Å²) in [7, 11) is 0. The third-order valence-electron chi connectivity index (χ3n) is 2.29. The van der Waals surface area contributed by atoms with E-state index >= 15 is 0 Å². The number of allylic oxidation sites excluding steroid dienone is 3. The number of ether oxygens (including phenoxy) is 1. The number of rotatable bonds is 5. The summed E-state index contributed by atoms with van der Waals surface area (Å²) < 4.78 is 4.93. The third kappa shape index (κ3) is 3.03. The van der Waals surface area contributed by atoms with Crippen LogP contribution in [0, 0.1) is 0 Å². The lowest BCUT2D eigenvalue weighted by atomic mass is 10.0. The zero-order valence-electron chi connectivity index (χ0n) is 9.63. The van der Waals surface area contributed by atoms with Crippen molar-refractivity contribution in [3.05, 3.63) is 24.3 Å². The predicted octanol–water partition coefficient (Wildman–Crippen LogP) is 1.35. The predicted molar refractivity (Wildman–Crippen MR) is 63.0 cm³/mol. The summed E-state index contributed by atoms with van der Waals surface area (Å²) in [6.45, 7) is 2.16. The Morgan fingerprint density at radius 1 is 1.35 bits per heavy atom. The molecule has 92 valence electrons. The highest BCUT2D eigenvalue weighted by Crippen LogP contribution is 2.18.